The van der Waals surface area contributed by atoms with Gasteiger partial charge in [-0.25, -0.2) is 4.79 Å². The van der Waals surface area contributed by atoms with E-state index in [4.69, 9.17) is 11.6 Å². The van der Waals surface area contributed by atoms with E-state index in [-0.39, 0.29) is 5.88 Å². The average molecular weight is 198 g/mol. The van der Waals surface area contributed by atoms with Gasteiger partial charge in [0.15, 0.2) is 0 Å². The van der Waals surface area contributed by atoms with Crippen LogP contribution in [-0.4, -0.2) is 23.9 Å². The molecule has 0 atom stereocenters. The maximum Gasteiger partial charge on any atom is 0.354 e. The van der Waals surface area contributed by atoms with E-state index < -0.39 is 5.97 Å². The summed E-state index contributed by atoms with van der Waals surface area (Å²) in [6.07, 6.45) is 1.63. The number of esters is 1. The van der Waals surface area contributed by atoms with Gasteiger partial charge in [0.05, 0.1) is 13.0 Å². The lowest BCUT2D eigenvalue weighted by molar-refractivity contribution is 0.0595. The number of hydrogen-bond donors (Lipinski definition) is 1. The Labute approximate surface area is 81.0 Å². The van der Waals surface area contributed by atoms with E-state index in [1.54, 1.807) is 12.3 Å². The number of alkyl halides is 1. The van der Waals surface area contributed by atoms with E-state index in [1.807, 2.05) is 0 Å². The van der Waals surface area contributed by atoms with Gasteiger partial charge in [-0.05, 0) is 6.07 Å². The fourth-order valence-electron chi connectivity index (χ4n) is 0.830. The summed E-state index contributed by atoms with van der Waals surface area (Å²) in [4.78, 5) is 13.7. The molecule has 1 rings (SSSR count). The monoisotopic (exact) mass is 197 g/mol. The SMILES string of the molecule is COC(=O)c1cc(C#CCCl)c[nH]1. The minimum atomic E-state index is -0.404. The highest BCUT2D eigenvalue weighted by Crippen LogP contribution is 2.02. The van der Waals surface area contributed by atoms with Gasteiger partial charge in [0, 0.05) is 11.8 Å². The summed E-state index contributed by atoms with van der Waals surface area (Å²) in [5.74, 6) is 5.32. The van der Waals surface area contributed by atoms with Crippen LogP contribution in [-0.2, 0) is 4.74 Å². The Morgan fingerprint density at radius 3 is 3.15 bits per heavy atom. The number of ether oxygens (including phenoxy) is 1. The van der Waals surface area contributed by atoms with Crippen LogP contribution >= 0.6 is 11.6 Å². The standard InChI is InChI=1S/C9H8ClNO2/c1-13-9(12)8-5-7(6-11-8)3-2-4-10/h5-6,11H,4H2,1H3. The van der Waals surface area contributed by atoms with Crippen molar-refractivity contribution < 1.29 is 9.53 Å². The number of methoxy groups -OCH3 is 1. The molecule has 0 aliphatic heterocycles. The third-order valence-electron chi connectivity index (χ3n) is 1.39. The maximum absolute atomic E-state index is 11.0. The van der Waals surface area contributed by atoms with Crippen molar-refractivity contribution in [2.75, 3.05) is 13.0 Å². The second-order valence-electron chi connectivity index (χ2n) is 2.23. The lowest BCUT2D eigenvalue weighted by Gasteiger charge is -1.91. The zero-order valence-electron chi connectivity index (χ0n) is 7.06. The summed E-state index contributed by atoms with van der Waals surface area (Å²) in [5, 5.41) is 0. The van der Waals surface area contributed by atoms with Crippen molar-refractivity contribution in [3.05, 3.63) is 23.5 Å². The predicted octanol–water partition coefficient (Wildman–Crippen LogP) is 1.39. The second kappa shape index (κ2) is 4.58. The summed E-state index contributed by atoms with van der Waals surface area (Å²) in [6.45, 7) is 0. The van der Waals surface area contributed by atoms with E-state index in [0.717, 1.165) is 5.56 Å². The highest BCUT2D eigenvalue weighted by Gasteiger charge is 2.06. The zero-order valence-corrected chi connectivity index (χ0v) is 7.81. The topological polar surface area (TPSA) is 42.1 Å². The van der Waals surface area contributed by atoms with Crippen molar-refractivity contribution in [2.24, 2.45) is 0 Å². The van der Waals surface area contributed by atoms with E-state index in [0.29, 0.717) is 5.69 Å². The number of carbonyl (C=O) groups is 1. The van der Waals surface area contributed by atoms with Crippen LogP contribution in [0.1, 0.15) is 16.1 Å². The number of hydrogen-bond acceptors (Lipinski definition) is 2. The smallest absolute Gasteiger partial charge is 0.354 e. The van der Waals surface area contributed by atoms with Crippen molar-refractivity contribution in [3.8, 4) is 11.8 Å². The van der Waals surface area contributed by atoms with Gasteiger partial charge in [-0.3, -0.25) is 0 Å². The Kier molecular flexibility index (Phi) is 3.41. The molecule has 68 valence electrons. The molecule has 0 bridgehead atoms. The first-order chi connectivity index (χ1) is 6.27. The van der Waals surface area contributed by atoms with Crippen LogP contribution in [0.15, 0.2) is 12.3 Å². The van der Waals surface area contributed by atoms with Gasteiger partial charge >= 0.3 is 5.97 Å². The highest BCUT2D eigenvalue weighted by molar-refractivity contribution is 6.19. The fraction of sp³-hybridized carbons (Fsp3) is 0.222. The molecule has 1 aromatic heterocycles. The molecule has 0 radical (unpaired) electrons. The van der Waals surface area contributed by atoms with Gasteiger partial charge in [-0.15, -0.1) is 11.6 Å². The fourth-order valence-corrected chi connectivity index (χ4v) is 0.897. The molecule has 0 saturated carbocycles. The van der Waals surface area contributed by atoms with Gasteiger partial charge in [0.25, 0.3) is 0 Å². The summed E-state index contributed by atoms with van der Waals surface area (Å²) in [6, 6.07) is 1.62. The van der Waals surface area contributed by atoms with Crippen molar-refractivity contribution in [2.45, 2.75) is 0 Å². The molecule has 0 spiro atoms. The summed E-state index contributed by atoms with van der Waals surface area (Å²) >= 11 is 5.37. The third kappa shape index (κ3) is 2.53. The van der Waals surface area contributed by atoms with Gasteiger partial charge in [0.1, 0.15) is 5.69 Å². The van der Waals surface area contributed by atoms with Gasteiger partial charge in [-0.1, -0.05) is 11.8 Å². The minimum Gasteiger partial charge on any atom is -0.464 e. The van der Waals surface area contributed by atoms with E-state index in [9.17, 15) is 4.79 Å². The molecular weight excluding hydrogens is 190 g/mol. The number of rotatable bonds is 1. The van der Waals surface area contributed by atoms with Crippen LogP contribution in [0, 0.1) is 11.8 Å². The number of halogens is 1. The Morgan fingerprint density at radius 2 is 2.54 bits per heavy atom. The van der Waals surface area contributed by atoms with Gasteiger partial charge < -0.3 is 9.72 Å². The summed E-state index contributed by atoms with van der Waals surface area (Å²) in [7, 11) is 1.33. The lowest BCUT2D eigenvalue weighted by atomic mass is 10.3. The quantitative estimate of drug-likeness (QED) is 0.420. The van der Waals surface area contributed by atoms with Crippen molar-refractivity contribution in [3.63, 3.8) is 0 Å². The summed E-state index contributed by atoms with van der Waals surface area (Å²) < 4.78 is 4.51. The first kappa shape index (κ1) is 9.69. The van der Waals surface area contributed by atoms with Crippen LogP contribution in [0.4, 0.5) is 0 Å². The second-order valence-corrected chi connectivity index (χ2v) is 2.50. The number of carbonyl (C=O) groups excluding carboxylic acids is 1. The molecular formula is C9H8ClNO2. The first-order valence-corrected chi connectivity index (χ1v) is 4.13. The molecule has 1 heterocycles. The van der Waals surface area contributed by atoms with Crippen LogP contribution in [0.25, 0.3) is 0 Å². The molecule has 1 N–H and O–H groups in total. The largest absolute Gasteiger partial charge is 0.464 e. The van der Waals surface area contributed by atoms with Crippen LogP contribution in [0.3, 0.4) is 0 Å². The van der Waals surface area contributed by atoms with Crippen molar-refractivity contribution >= 4 is 17.6 Å². The molecule has 4 heteroatoms. The highest BCUT2D eigenvalue weighted by atomic mass is 35.5. The molecule has 13 heavy (non-hydrogen) atoms. The third-order valence-corrected chi connectivity index (χ3v) is 1.52. The van der Waals surface area contributed by atoms with Crippen molar-refractivity contribution in [1.82, 2.24) is 4.98 Å². The Morgan fingerprint density at radius 1 is 1.77 bits per heavy atom. The summed E-state index contributed by atoms with van der Waals surface area (Å²) in [5.41, 5.74) is 1.11. The Hall–Kier alpha value is -1.40. The number of aromatic nitrogens is 1. The molecule has 0 fully saturated rings. The molecule has 0 amide bonds. The normalized spacial score (nSPS) is 8.77. The maximum atomic E-state index is 11.0. The van der Waals surface area contributed by atoms with Gasteiger partial charge in [-0.2, -0.15) is 0 Å². The van der Waals surface area contributed by atoms with Gasteiger partial charge in [0.2, 0.25) is 0 Å². The molecule has 0 aliphatic rings. The molecule has 0 aromatic carbocycles. The van der Waals surface area contributed by atoms with Crippen LogP contribution in [0.2, 0.25) is 0 Å². The zero-order chi connectivity index (χ0) is 9.68. The van der Waals surface area contributed by atoms with Crippen LogP contribution < -0.4 is 0 Å². The number of nitrogens with one attached hydrogen (secondary N) is 1. The molecule has 3 nitrogen and oxygen atoms in total. The van der Waals surface area contributed by atoms with Crippen LogP contribution in [0.5, 0.6) is 0 Å². The average Bonchev–Trinajstić information content (AvgIpc) is 2.62. The predicted molar refractivity (Wildman–Crippen MR) is 49.7 cm³/mol. The van der Waals surface area contributed by atoms with Crippen molar-refractivity contribution in [1.29, 1.82) is 0 Å². The first-order valence-electron chi connectivity index (χ1n) is 3.59. The van der Waals surface area contributed by atoms with E-state index in [1.165, 1.54) is 7.11 Å². The number of H-pyrrole nitrogens is 1. The molecule has 0 aliphatic carbocycles. The molecule has 0 unspecified atom stereocenters. The number of aromatic amines is 1. The Balaban J connectivity index is 2.80. The minimum absolute atomic E-state index is 0.277. The Bertz CT molecular complexity index is 359. The van der Waals surface area contributed by atoms with E-state index in [2.05, 4.69) is 21.6 Å². The van der Waals surface area contributed by atoms with E-state index >= 15 is 0 Å². The molecule has 0 saturated heterocycles. The molecule has 1 aromatic rings. The lowest BCUT2D eigenvalue weighted by Crippen LogP contribution is -2.00.